The van der Waals surface area contributed by atoms with Gasteiger partial charge in [-0.3, -0.25) is 0 Å². The van der Waals surface area contributed by atoms with Crippen molar-refractivity contribution in [1.29, 1.82) is 0 Å². The Hall–Kier alpha value is -6.66. The first kappa shape index (κ1) is 26.5. The van der Waals surface area contributed by atoms with Crippen LogP contribution in [0.15, 0.2) is 156 Å². The van der Waals surface area contributed by atoms with Gasteiger partial charge < -0.3 is 4.42 Å². The Morgan fingerprint density at radius 2 is 1.21 bits per heavy atom. The molecule has 0 saturated heterocycles. The molecule has 0 aliphatic heterocycles. The van der Waals surface area contributed by atoms with Crippen LogP contribution in [0.5, 0.6) is 0 Å². The lowest BCUT2D eigenvalue weighted by molar-refractivity contribution is 0.623. The second kappa shape index (κ2) is 10.4. The molecule has 0 radical (unpaired) electrons. The number of fused-ring (bicyclic) bond motifs is 8. The van der Waals surface area contributed by atoms with Gasteiger partial charge >= 0.3 is 0 Å². The van der Waals surface area contributed by atoms with Crippen molar-refractivity contribution in [3.63, 3.8) is 0 Å². The molecule has 0 spiro atoms. The molecule has 3 aromatic heterocycles. The third-order valence-electron chi connectivity index (χ3n) is 9.09. The zero-order chi connectivity index (χ0) is 31.6. The van der Waals surface area contributed by atoms with Crippen LogP contribution in [0.3, 0.4) is 0 Å². The third kappa shape index (κ3) is 4.13. The SMILES string of the molecule is c1ccc(-c2nc3ccc4ccc5cc(-c6ccccc6-c6nc7nc(-c8ccccc8)c8ccccc8n7n6)ccc5c4c3o2)cc1. The van der Waals surface area contributed by atoms with Gasteiger partial charge in [-0.25, -0.2) is 9.97 Å². The molecule has 0 aliphatic rings. The first-order valence-electron chi connectivity index (χ1n) is 15.9. The maximum absolute atomic E-state index is 6.43. The molecule has 7 aromatic carbocycles. The lowest BCUT2D eigenvalue weighted by Crippen LogP contribution is -1.97. The van der Waals surface area contributed by atoms with E-state index in [1.165, 1.54) is 0 Å². The summed E-state index contributed by atoms with van der Waals surface area (Å²) in [5.41, 5.74) is 8.57. The number of oxazole rings is 1. The van der Waals surface area contributed by atoms with Crippen molar-refractivity contribution in [2.24, 2.45) is 0 Å². The molecule has 224 valence electrons. The van der Waals surface area contributed by atoms with Gasteiger partial charge in [0, 0.05) is 27.5 Å². The number of rotatable bonds is 4. The molecule has 6 nitrogen and oxygen atoms in total. The van der Waals surface area contributed by atoms with Crippen molar-refractivity contribution in [3.05, 3.63) is 152 Å². The molecule has 6 heteroatoms. The van der Waals surface area contributed by atoms with Gasteiger partial charge in [0.25, 0.3) is 5.78 Å². The topological polar surface area (TPSA) is 69.1 Å². The highest BCUT2D eigenvalue weighted by atomic mass is 16.3. The fourth-order valence-corrected chi connectivity index (χ4v) is 6.82. The molecule has 0 bridgehead atoms. The second-order valence-electron chi connectivity index (χ2n) is 11.9. The van der Waals surface area contributed by atoms with E-state index in [0.717, 1.165) is 77.1 Å². The highest BCUT2D eigenvalue weighted by Gasteiger charge is 2.18. The van der Waals surface area contributed by atoms with Crippen LogP contribution >= 0.6 is 0 Å². The molecule has 0 N–H and O–H groups in total. The molecule has 10 rings (SSSR count). The molecule has 3 heterocycles. The summed E-state index contributed by atoms with van der Waals surface area (Å²) in [4.78, 5) is 14.8. The quantitative estimate of drug-likeness (QED) is 0.184. The number of benzene rings is 7. The van der Waals surface area contributed by atoms with E-state index in [-0.39, 0.29) is 0 Å². The standard InChI is InChI=1S/C42H25N5O/c1-3-11-27(12-4-1)38-34-17-9-10-18-36(34)47-42(44-38)45-40(46-47)33-16-8-7-15-31(33)29-21-23-32-30(25-29)20-19-26-22-24-35-39(37(26)32)48-41(43-35)28-13-5-2-6-14-28/h1-25H. The van der Waals surface area contributed by atoms with Crippen molar-refractivity contribution in [2.75, 3.05) is 0 Å². The Labute approximate surface area is 274 Å². The Kier molecular flexibility index (Phi) is 5.77. The Bertz CT molecular complexity index is 2840. The minimum absolute atomic E-state index is 0.563. The molecule has 10 aromatic rings. The predicted molar refractivity (Wildman–Crippen MR) is 193 cm³/mol. The van der Waals surface area contributed by atoms with Crippen LogP contribution in [0, 0.1) is 0 Å². The molecule has 0 aliphatic carbocycles. The molecular formula is C42H25N5O. The molecule has 0 saturated carbocycles. The van der Waals surface area contributed by atoms with Crippen LogP contribution in [-0.4, -0.2) is 24.6 Å². The molecule has 0 unspecified atom stereocenters. The average molecular weight is 616 g/mol. The molecule has 0 amide bonds. The molecule has 0 fully saturated rings. The summed E-state index contributed by atoms with van der Waals surface area (Å²) in [7, 11) is 0. The molecular weight excluding hydrogens is 590 g/mol. The third-order valence-corrected chi connectivity index (χ3v) is 9.09. The zero-order valence-corrected chi connectivity index (χ0v) is 25.6. The van der Waals surface area contributed by atoms with Crippen LogP contribution < -0.4 is 0 Å². The monoisotopic (exact) mass is 615 g/mol. The van der Waals surface area contributed by atoms with Gasteiger partial charge in [0.1, 0.15) is 5.52 Å². The van der Waals surface area contributed by atoms with Crippen LogP contribution in [0.25, 0.3) is 94.6 Å². The lowest BCUT2D eigenvalue weighted by Gasteiger charge is -2.10. The normalized spacial score (nSPS) is 11.8. The fourth-order valence-electron chi connectivity index (χ4n) is 6.82. The van der Waals surface area contributed by atoms with Crippen molar-refractivity contribution in [2.45, 2.75) is 0 Å². The number of hydrogen-bond donors (Lipinski definition) is 0. The van der Waals surface area contributed by atoms with Crippen LogP contribution in [-0.2, 0) is 0 Å². The van der Waals surface area contributed by atoms with Crippen molar-refractivity contribution in [1.82, 2.24) is 24.6 Å². The zero-order valence-electron chi connectivity index (χ0n) is 25.6. The Balaban J connectivity index is 1.12. The molecule has 0 atom stereocenters. The summed E-state index contributed by atoms with van der Waals surface area (Å²) < 4.78 is 8.28. The second-order valence-corrected chi connectivity index (χ2v) is 11.9. The van der Waals surface area contributed by atoms with E-state index in [1.807, 2.05) is 77.3 Å². The summed E-state index contributed by atoms with van der Waals surface area (Å²) in [6.45, 7) is 0. The highest BCUT2D eigenvalue weighted by Crippen LogP contribution is 2.38. The summed E-state index contributed by atoms with van der Waals surface area (Å²) in [5, 5.41) is 10.5. The van der Waals surface area contributed by atoms with E-state index in [1.54, 1.807) is 0 Å². The van der Waals surface area contributed by atoms with Gasteiger partial charge in [0.15, 0.2) is 11.4 Å². The van der Waals surface area contributed by atoms with Gasteiger partial charge in [-0.1, -0.05) is 121 Å². The number of hydrogen-bond acceptors (Lipinski definition) is 5. The first-order valence-corrected chi connectivity index (χ1v) is 15.9. The van der Waals surface area contributed by atoms with Gasteiger partial charge in [0.2, 0.25) is 5.89 Å². The van der Waals surface area contributed by atoms with Gasteiger partial charge in [0.05, 0.1) is 11.2 Å². The van der Waals surface area contributed by atoms with Gasteiger partial charge in [-0.05, 0) is 57.6 Å². The van der Waals surface area contributed by atoms with Crippen molar-refractivity contribution >= 4 is 49.3 Å². The largest absolute Gasteiger partial charge is 0.435 e. The summed E-state index contributed by atoms with van der Waals surface area (Å²) in [6.07, 6.45) is 0. The summed E-state index contributed by atoms with van der Waals surface area (Å²) in [6, 6.07) is 51.9. The Morgan fingerprint density at radius 3 is 2.06 bits per heavy atom. The van der Waals surface area contributed by atoms with Crippen LogP contribution in [0.2, 0.25) is 0 Å². The smallest absolute Gasteiger partial charge is 0.253 e. The average Bonchev–Trinajstić information content (AvgIpc) is 3.80. The van der Waals surface area contributed by atoms with E-state index >= 15 is 0 Å². The number of para-hydroxylation sites is 1. The summed E-state index contributed by atoms with van der Waals surface area (Å²) in [5.74, 6) is 1.82. The van der Waals surface area contributed by atoms with E-state index < -0.39 is 0 Å². The van der Waals surface area contributed by atoms with Gasteiger partial charge in [-0.2, -0.15) is 9.50 Å². The van der Waals surface area contributed by atoms with E-state index in [2.05, 4.69) is 78.9 Å². The highest BCUT2D eigenvalue weighted by molar-refractivity contribution is 6.18. The van der Waals surface area contributed by atoms with Crippen LogP contribution in [0.1, 0.15) is 0 Å². The van der Waals surface area contributed by atoms with Crippen LogP contribution in [0.4, 0.5) is 0 Å². The van der Waals surface area contributed by atoms with E-state index in [4.69, 9.17) is 24.5 Å². The fraction of sp³-hybridized carbons (Fsp3) is 0. The minimum Gasteiger partial charge on any atom is -0.435 e. The van der Waals surface area contributed by atoms with Crippen molar-refractivity contribution < 1.29 is 4.42 Å². The molecule has 48 heavy (non-hydrogen) atoms. The lowest BCUT2D eigenvalue weighted by atomic mass is 9.94. The predicted octanol–water partition coefficient (Wildman–Crippen LogP) is 10.4. The number of aromatic nitrogens is 5. The first-order chi connectivity index (χ1) is 23.8. The minimum atomic E-state index is 0.563. The maximum atomic E-state index is 6.43. The van der Waals surface area contributed by atoms with Gasteiger partial charge in [-0.15, -0.1) is 5.10 Å². The van der Waals surface area contributed by atoms with Crippen molar-refractivity contribution in [3.8, 4) is 45.2 Å². The summed E-state index contributed by atoms with van der Waals surface area (Å²) >= 11 is 0. The Morgan fingerprint density at radius 1 is 0.500 bits per heavy atom. The van der Waals surface area contributed by atoms with E-state index in [0.29, 0.717) is 17.5 Å². The van der Waals surface area contributed by atoms with E-state index in [9.17, 15) is 0 Å². The number of nitrogens with zero attached hydrogens (tertiary/aromatic N) is 5. The maximum Gasteiger partial charge on any atom is 0.253 e.